The van der Waals surface area contributed by atoms with E-state index in [2.05, 4.69) is 5.32 Å². The summed E-state index contributed by atoms with van der Waals surface area (Å²) in [6.07, 6.45) is 2.22. The van der Waals surface area contributed by atoms with Crippen LogP contribution in [0.2, 0.25) is 5.02 Å². The second kappa shape index (κ2) is 5.86. The average molecular weight is 304 g/mol. The van der Waals surface area contributed by atoms with E-state index in [9.17, 15) is 9.18 Å². The molecule has 2 aromatic rings. The van der Waals surface area contributed by atoms with Crippen LogP contribution in [0.5, 0.6) is 0 Å². The summed E-state index contributed by atoms with van der Waals surface area (Å²) in [5.41, 5.74) is 1.52. The van der Waals surface area contributed by atoms with Crippen LogP contribution in [0.25, 0.3) is 0 Å². The molecule has 0 heterocycles. The zero-order chi connectivity index (χ0) is 14.8. The normalized spacial score (nSPS) is 15.5. The van der Waals surface area contributed by atoms with Gasteiger partial charge in [-0.3, -0.25) is 4.79 Å². The summed E-state index contributed by atoms with van der Waals surface area (Å²) < 4.78 is 12.9. The second-order valence-electron chi connectivity index (χ2n) is 5.35. The van der Waals surface area contributed by atoms with Crippen molar-refractivity contribution in [1.82, 2.24) is 5.32 Å². The van der Waals surface area contributed by atoms with Crippen molar-refractivity contribution in [3.05, 3.63) is 70.5 Å². The maximum atomic E-state index is 12.9. The van der Waals surface area contributed by atoms with Crippen LogP contribution in [-0.2, 0) is 0 Å². The molecule has 3 rings (SSSR count). The Kier molecular flexibility index (Phi) is 3.93. The van der Waals surface area contributed by atoms with Gasteiger partial charge in [0.15, 0.2) is 0 Å². The topological polar surface area (TPSA) is 29.1 Å². The Labute approximate surface area is 127 Å². The van der Waals surface area contributed by atoms with Gasteiger partial charge in [0.2, 0.25) is 0 Å². The molecule has 2 aromatic carbocycles. The first-order chi connectivity index (χ1) is 10.1. The molecule has 21 heavy (non-hydrogen) atoms. The Morgan fingerprint density at radius 3 is 2.29 bits per heavy atom. The molecule has 0 aromatic heterocycles. The zero-order valence-corrected chi connectivity index (χ0v) is 12.1. The molecule has 0 spiro atoms. The monoisotopic (exact) mass is 303 g/mol. The van der Waals surface area contributed by atoms with Gasteiger partial charge in [-0.25, -0.2) is 4.39 Å². The fraction of sp³-hybridized carbons (Fsp3) is 0.235. The lowest BCUT2D eigenvalue weighted by Gasteiger charge is -2.19. The van der Waals surface area contributed by atoms with E-state index in [4.69, 9.17) is 11.6 Å². The molecule has 108 valence electrons. The molecule has 0 saturated heterocycles. The van der Waals surface area contributed by atoms with E-state index in [0.29, 0.717) is 16.5 Å². The van der Waals surface area contributed by atoms with Crippen molar-refractivity contribution < 1.29 is 9.18 Å². The molecule has 1 fully saturated rings. The van der Waals surface area contributed by atoms with Gasteiger partial charge in [0.1, 0.15) is 5.82 Å². The highest BCUT2D eigenvalue weighted by molar-refractivity contribution is 6.30. The first-order valence-electron chi connectivity index (χ1n) is 6.95. The number of carbonyl (C=O) groups excluding carboxylic acids is 1. The number of benzene rings is 2. The lowest BCUT2D eigenvalue weighted by atomic mass is 10.0. The largest absolute Gasteiger partial charge is 0.345 e. The van der Waals surface area contributed by atoms with Crippen molar-refractivity contribution in [2.24, 2.45) is 5.92 Å². The van der Waals surface area contributed by atoms with Gasteiger partial charge in [-0.2, -0.15) is 0 Å². The summed E-state index contributed by atoms with van der Waals surface area (Å²) in [5, 5.41) is 3.72. The Hall–Kier alpha value is -1.87. The third kappa shape index (κ3) is 3.42. The van der Waals surface area contributed by atoms with Crippen LogP contribution in [0, 0.1) is 11.7 Å². The van der Waals surface area contributed by atoms with Gasteiger partial charge in [0.05, 0.1) is 6.04 Å². The number of amides is 1. The van der Waals surface area contributed by atoms with Gasteiger partial charge >= 0.3 is 0 Å². The molecule has 1 N–H and O–H groups in total. The molecule has 0 bridgehead atoms. The molecule has 1 atom stereocenters. The van der Waals surface area contributed by atoms with Gasteiger partial charge in [-0.15, -0.1) is 0 Å². The van der Waals surface area contributed by atoms with Crippen molar-refractivity contribution in [2.75, 3.05) is 0 Å². The maximum absolute atomic E-state index is 12.9. The lowest BCUT2D eigenvalue weighted by molar-refractivity contribution is 0.0931. The van der Waals surface area contributed by atoms with E-state index in [1.807, 2.05) is 24.3 Å². The molecule has 1 unspecified atom stereocenters. The number of carbonyl (C=O) groups is 1. The van der Waals surface area contributed by atoms with E-state index in [-0.39, 0.29) is 17.8 Å². The van der Waals surface area contributed by atoms with Gasteiger partial charge in [-0.1, -0.05) is 23.7 Å². The average Bonchev–Trinajstić information content (AvgIpc) is 3.31. The summed E-state index contributed by atoms with van der Waals surface area (Å²) in [6.45, 7) is 0. The minimum absolute atomic E-state index is 0.0141. The van der Waals surface area contributed by atoms with E-state index in [0.717, 1.165) is 18.4 Å². The third-order valence-electron chi connectivity index (χ3n) is 3.72. The number of hydrogen-bond donors (Lipinski definition) is 1. The second-order valence-corrected chi connectivity index (χ2v) is 5.78. The summed E-state index contributed by atoms with van der Waals surface area (Å²) in [5.74, 6) is -0.0552. The van der Waals surface area contributed by atoms with Crippen molar-refractivity contribution >= 4 is 17.5 Å². The summed E-state index contributed by atoms with van der Waals surface area (Å²) in [7, 11) is 0. The quantitative estimate of drug-likeness (QED) is 0.893. The molecule has 4 heteroatoms. The van der Waals surface area contributed by atoms with Crippen LogP contribution in [0.15, 0.2) is 48.5 Å². The molecule has 1 aliphatic rings. The van der Waals surface area contributed by atoms with Crippen molar-refractivity contribution in [3.63, 3.8) is 0 Å². The summed E-state index contributed by atoms with van der Waals surface area (Å²) in [4.78, 5) is 12.3. The van der Waals surface area contributed by atoms with Gasteiger partial charge in [0, 0.05) is 10.6 Å². The van der Waals surface area contributed by atoms with E-state index < -0.39 is 0 Å². The third-order valence-corrected chi connectivity index (χ3v) is 3.97. The number of nitrogens with one attached hydrogen (secondary N) is 1. The molecule has 1 aliphatic carbocycles. The van der Waals surface area contributed by atoms with Crippen LogP contribution in [0.4, 0.5) is 4.39 Å². The molecule has 0 aliphatic heterocycles. The van der Waals surface area contributed by atoms with Gasteiger partial charge in [-0.05, 0) is 60.7 Å². The van der Waals surface area contributed by atoms with Crippen molar-refractivity contribution in [3.8, 4) is 0 Å². The standard InChI is InChI=1S/C17H15ClFNO/c18-14-7-3-12(4-8-14)16(11-1-2-11)20-17(21)13-5-9-15(19)10-6-13/h3-11,16H,1-2H2,(H,20,21). The maximum Gasteiger partial charge on any atom is 0.251 e. The molecule has 2 nitrogen and oxygen atoms in total. The summed E-state index contributed by atoms with van der Waals surface area (Å²) >= 11 is 5.91. The fourth-order valence-corrected chi connectivity index (χ4v) is 2.52. The highest BCUT2D eigenvalue weighted by Crippen LogP contribution is 2.41. The first kappa shape index (κ1) is 14.1. The Morgan fingerprint density at radius 1 is 1.10 bits per heavy atom. The van der Waals surface area contributed by atoms with Crippen molar-refractivity contribution in [2.45, 2.75) is 18.9 Å². The number of hydrogen-bond acceptors (Lipinski definition) is 1. The van der Waals surface area contributed by atoms with E-state index in [1.165, 1.54) is 24.3 Å². The predicted octanol–water partition coefficient (Wildman–Crippen LogP) is 4.36. The van der Waals surface area contributed by atoms with E-state index in [1.54, 1.807) is 0 Å². The molecular formula is C17H15ClFNO. The van der Waals surface area contributed by atoms with Crippen LogP contribution < -0.4 is 5.32 Å². The minimum Gasteiger partial charge on any atom is -0.345 e. The molecular weight excluding hydrogens is 289 g/mol. The van der Waals surface area contributed by atoms with E-state index >= 15 is 0 Å². The smallest absolute Gasteiger partial charge is 0.251 e. The minimum atomic E-state index is -0.344. The van der Waals surface area contributed by atoms with Crippen molar-refractivity contribution in [1.29, 1.82) is 0 Å². The predicted molar refractivity (Wildman–Crippen MR) is 80.8 cm³/mol. The molecule has 0 radical (unpaired) electrons. The highest BCUT2D eigenvalue weighted by Gasteiger charge is 2.33. The molecule has 1 saturated carbocycles. The first-order valence-corrected chi connectivity index (χ1v) is 7.33. The van der Waals surface area contributed by atoms with Crippen LogP contribution >= 0.6 is 11.6 Å². The summed E-state index contributed by atoms with van der Waals surface area (Å²) in [6, 6.07) is 13.1. The lowest BCUT2D eigenvalue weighted by Crippen LogP contribution is -2.29. The Balaban J connectivity index is 1.77. The molecule has 1 amide bonds. The van der Waals surface area contributed by atoms with Crippen LogP contribution in [-0.4, -0.2) is 5.91 Å². The van der Waals surface area contributed by atoms with Crippen LogP contribution in [0.3, 0.4) is 0 Å². The Morgan fingerprint density at radius 2 is 1.71 bits per heavy atom. The highest BCUT2D eigenvalue weighted by atomic mass is 35.5. The number of rotatable bonds is 4. The Bertz CT molecular complexity index is 635. The van der Waals surface area contributed by atoms with Gasteiger partial charge < -0.3 is 5.32 Å². The number of halogens is 2. The fourth-order valence-electron chi connectivity index (χ4n) is 2.40. The zero-order valence-electron chi connectivity index (χ0n) is 11.4. The SMILES string of the molecule is O=C(NC(c1ccc(Cl)cc1)C1CC1)c1ccc(F)cc1. The van der Waals surface area contributed by atoms with Crippen LogP contribution in [0.1, 0.15) is 34.8 Å². The van der Waals surface area contributed by atoms with Gasteiger partial charge in [0.25, 0.3) is 5.91 Å².